The lowest BCUT2D eigenvalue weighted by Crippen LogP contribution is -2.40. The zero-order valence-corrected chi connectivity index (χ0v) is 96.1. The van der Waals surface area contributed by atoms with Crippen molar-refractivity contribution in [2.45, 2.75) is 527 Å². The lowest BCUT2D eigenvalue weighted by molar-refractivity contribution is -0.123. The van der Waals surface area contributed by atoms with E-state index in [4.69, 9.17) is 0 Å². The number of unbranched alkanes of at least 4 members (excludes halogenated alkanes) is 4. The number of amides is 9. The highest BCUT2D eigenvalue weighted by atomic mass is 16.2. The number of aryl methyl sites for hydroxylation is 2. The summed E-state index contributed by atoms with van der Waals surface area (Å²) in [6.45, 7) is 117. The largest absolute Gasteiger partial charge is 0.385 e. The molecule has 0 atom stereocenters. The molecule has 0 bridgehead atoms. The molecular weight excluding hydrogens is 1620 g/mol. The molecule has 0 saturated carbocycles. The van der Waals surface area contributed by atoms with Gasteiger partial charge >= 0.3 is 0 Å². The van der Waals surface area contributed by atoms with E-state index in [1.54, 1.807) is 0 Å². The standard InChI is InChI=1S/C13H21N.3C9H19NO.C9H21N.3C8H17NO.C8H19N.2C7H15NO.C7H17N.C6H13NO/c1-10-6-11(2)8-12(7-10)14-9-13(3,4)5;1-5-6-8(11)10-7-9(2,3)4;1-5-6-7-8(11)10-9(2,3)4;1-4-5-6-7-9(11)10-8(2)3;1-6-10(7-2)8-9(3,4)5;1-5-7(10)9-6-8(2,3)4;1-5-6-7(10)9-8(2,3)4;1-4-5-6-8(10)9-7(2)3;1-6-9(7-2)8(3,4)5;1-5-6(9)8-7(2,3)4;1-4-5-7(9)8-6(2)3;1-5-8(6-2)7(3)4;1-4-6(8)7-5(2)3/h6-8,14H,9H2,1-5H3;2*5-7H2,1-4H3,(H,10,11);8H,4-7H2,1-3H3,(H,10,11);6-8H2,1-5H3;2*5-6H2,1-4H3,(H,9,10);7H,4-6H2,1-3H3,(H,9,10);6-7H2,1-5H3;5H2,1-4H3,(H,8,9);6H,4-5H2,1-3H3,(H,8,9);7H,5-6H2,1-4H3;5H,4H2,1-3H3,(H,7,8). The Labute approximate surface area is 809 Å². The van der Waals surface area contributed by atoms with Gasteiger partial charge in [0.15, 0.2) is 0 Å². The Balaban J connectivity index is -0.000000116. The molecule has 0 radical (unpaired) electrons. The molecule has 0 aliphatic carbocycles. The first-order chi connectivity index (χ1) is 59.0. The van der Waals surface area contributed by atoms with Crippen molar-refractivity contribution in [2.75, 3.05) is 70.8 Å². The molecule has 1 aromatic rings. The third kappa shape index (κ3) is 148. The van der Waals surface area contributed by atoms with Gasteiger partial charge in [0.25, 0.3) is 0 Å². The second kappa shape index (κ2) is 88.4. The third-order valence-corrected chi connectivity index (χ3v) is 16.8. The molecule has 0 aromatic heterocycles. The third-order valence-electron chi connectivity index (χ3n) is 16.8. The van der Waals surface area contributed by atoms with Crippen LogP contribution in [0.4, 0.5) is 5.69 Å². The molecule has 9 amide bonds. The van der Waals surface area contributed by atoms with Gasteiger partial charge in [-0.1, -0.05) is 219 Å². The van der Waals surface area contributed by atoms with Gasteiger partial charge in [-0.15, -0.1) is 0 Å². The first-order valence-electron chi connectivity index (χ1n) is 50.7. The number of hydrogen-bond acceptors (Lipinski definition) is 13. The van der Waals surface area contributed by atoms with E-state index < -0.39 is 0 Å². The molecule has 10 N–H and O–H groups in total. The molecular formula is C108H229N13O9. The molecule has 130 heavy (non-hydrogen) atoms. The minimum atomic E-state index is -0.0785. The fraction of sp³-hybridized carbons (Fsp3) is 0.861. The van der Waals surface area contributed by atoms with Gasteiger partial charge in [0.05, 0.1) is 0 Å². The molecule has 0 unspecified atom stereocenters. The van der Waals surface area contributed by atoms with Crippen molar-refractivity contribution in [2.24, 2.45) is 21.7 Å². The van der Waals surface area contributed by atoms with Crippen LogP contribution < -0.4 is 53.2 Å². The van der Waals surface area contributed by atoms with Crippen LogP contribution in [-0.4, -0.2) is 186 Å². The van der Waals surface area contributed by atoms with E-state index in [9.17, 15) is 43.2 Å². The summed E-state index contributed by atoms with van der Waals surface area (Å²) in [4.78, 5) is 105. The van der Waals surface area contributed by atoms with Gasteiger partial charge in [0, 0.05) is 142 Å². The minimum Gasteiger partial charge on any atom is -0.385 e. The van der Waals surface area contributed by atoms with Gasteiger partial charge in [-0.2, -0.15) is 0 Å². The summed E-state index contributed by atoms with van der Waals surface area (Å²) in [5.41, 5.74) is 5.17. The summed E-state index contributed by atoms with van der Waals surface area (Å²) < 4.78 is 0. The van der Waals surface area contributed by atoms with Crippen molar-refractivity contribution >= 4 is 58.9 Å². The van der Waals surface area contributed by atoms with Crippen LogP contribution in [0.25, 0.3) is 0 Å². The SMILES string of the molecule is CCC(=O)NC(C)(C)C.CCC(=O)NC(C)C.CCC(=O)NCC(C)(C)C.CCCC(=O)NC(C)(C)C.CCCC(=O)NC(C)C.CCCC(=O)NCC(C)(C)C.CCCCC(=O)NC(C)(C)C.CCCCC(=O)NC(C)C.CCCCCC(=O)NC(C)C.CCN(CC)C(C)(C)C.CCN(CC)C(C)C.CCN(CC)CC(C)(C)C.Cc1cc(C)cc(NCC(C)(C)C)c1. The lowest BCUT2D eigenvalue weighted by atomic mass is 9.96. The van der Waals surface area contributed by atoms with Crippen LogP contribution in [0.3, 0.4) is 0 Å². The van der Waals surface area contributed by atoms with Crippen molar-refractivity contribution in [1.29, 1.82) is 0 Å². The zero-order chi connectivity index (χ0) is 105. The predicted molar refractivity (Wildman–Crippen MR) is 572 cm³/mol. The Morgan fingerprint density at radius 2 is 0.577 bits per heavy atom. The summed E-state index contributed by atoms with van der Waals surface area (Å²) in [6, 6.07) is 8.42. The Morgan fingerprint density at radius 1 is 0.292 bits per heavy atom. The molecule has 0 fully saturated rings. The fourth-order valence-corrected chi connectivity index (χ4v) is 10.6. The second-order valence-electron chi connectivity index (χ2n) is 43.9. The van der Waals surface area contributed by atoms with Crippen molar-refractivity contribution < 1.29 is 43.2 Å². The predicted octanol–water partition coefficient (Wildman–Crippen LogP) is 24.6. The quantitative estimate of drug-likeness (QED) is 0.0283. The highest BCUT2D eigenvalue weighted by molar-refractivity contribution is 5.79. The van der Waals surface area contributed by atoms with Crippen LogP contribution in [0.2, 0.25) is 0 Å². The summed E-state index contributed by atoms with van der Waals surface area (Å²) in [7, 11) is 0. The maximum Gasteiger partial charge on any atom is 0.220 e. The molecule has 1 aromatic carbocycles. The number of benzene rings is 1. The fourth-order valence-electron chi connectivity index (χ4n) is 10.6. The van der Waals surface area contributed by atoms with Gasteiger partial charge in [0.1, 0.15) is 0 Å². The Bertz CT molecular complexity index is 2800. The van der Waals surface area contributed by atoms with E-state index in [-0.39, 0.29) is 105 Å². The topological polar surface area (TPSA) is 284 Å². The summed E-state index contributed by atoms with van der Waals surface area (Å²) in [6.07, 6.45) is 16.0. The van der Waals surface area contributed by atoms with Crippen LogP contribution in [0.5, 0.6) is 0 Å². The van der Waals surface area contributed by atoms with E-state index in [0.29, 0.717) is 80.2 Å². The lowest BCUT2D eigenvalue weighted by Gasteiger charge is -2.33. The van der Waals surface area contributed by atoms with Crippen molar-refractivity contribution in [3.05, 3.63) is 29.3 Å². The smallest absolute Gasteiger partial charge is 0.220 e. The van der Waals surface area contributed by atoms with Gasteiger partial charge in [0.2, 0.25) is 53.2 Å². The van der Waals surface area contributed by atoms with Gasteiger partial charge in [-0.25, -0.2) is 0 Å². The number of nitrogens with zero attached hydrogens (tertiary/aromatic N) is 3. The molecule has 780 valence electrons. The van der Waals surface area contributed by atoms with Crippen LogP contribution in [0.15, 0.2) is 18.2 Å². The molecule has 0 aliphatic heterocycles. The van der Waals surface area contributed by atoms with Crippen molar-refractivity contribution in [1.82, 2.24) is 62.6 Å². The average Bonchev–Trinajstić information content (AvgIpc) is 0.890. The molecule has 0 heterocycles. The minimum absolute atomic E-state index is 0.0763. The van der Waals surface area contributed by atoms with Crippen LogP contribution in [-0.2, 0) is 43.2 Å². The summed E-state index contributed by atoms with van der Waals surface area (Å²) >= 11 is 0. The van der Waals surface area contributed by atoms with E-state index in [1.165, 1.54) is 56.0 Å². The maximum absolute atomic E-state index is 11.1. The van der Waals surface area contributed by atoms with E-state index >= 15 is 0 Å². The number of hydrogen-bond donors (Lipinski definition) is 10. The normalized spacial score (nSPS) is 11.1. The summed E-state index contributed by atoms with van der Waals surface area (Å²) in [5, 5.41) is 29.1. The van der Waals surface area contributed by atoms with E-state index in [2.05, 4.69) is 280 Å². The van der Waals surface area contributed by atoms with Crippen LogP contribution in [0, 0.1) is 35.5 Å². The van der Waals surface area contributed by atoms with Gasteiger partial charge in [-0.3, -0.25) is 48.1 Å². The summed E-state index contributed by atoms with van der Waals surface area (Å²) in [5.74, 6) is 1.38. The number of anilines is 1. The van der Waals surface area contributed by atoms with Gasteiger partial charge < -0.3 is 63.0 Å². The molecule has 22 nitrogen and oxygen atoms in total. The number of nitrogens with one attached hydrogen (secondary N) is 10. The van der Waals surface area contributed by atoms with E-state index in [0.717, 1.165) is 90.5 Å². The Morgan fingerprint density at radius 3 is 0.800 bits per heavy atom. The van der Waals surface area contributed by atoms with E-state index in [1.807, 2.05) is 159 Å². The molecule has 0 spiro atoms. The van der Waals surface area contributed by atoms with Gasteiger partial charge in [-0.05, 0) is 289 Å². The average molecular weight is 1850 g/mol. The molecule has 0 aliphatic rings. The Hall–Kier alpha value is -5.87. The first-order valence-corrected chi connectivity index (χ1v) is 50.7. The highest BCUT2D eigenvalue weighted by Gasteiger charge is 2.19. The zero-order valence-electron chi connectivity index (χ0n) is 96.1. The van der Waals surface area contributed by atoms with Crippen LogP contribution >= 0.6 is 0 Å². The first kappa shape index (κ1) is 150. The Kier molecular flexibility index (Phi) is 102. The number of rotatable bonds is 35. The highest BCUT2D eigenvalue weighted by Crippen LogP contribution is 2.19. The monoisotopic (exact) mass is 1850 g/mol. The number of carbonyl (C=O) groups is 9. The van der Waals surface area contributed by atoms with Crippen molar-refractivity contribution in [3.8, 4) is 0 Å². The molecule has 0 saturated heterocycles. The molecule has 1 rings (SSSR count). The van der Waals surface area contributed by atoms with Crippen LogP contribution in [0.1, 0.15) is 472 Å². The maximum atomic E-state index is 11.1. The van der Waals surface area contributed by atoms with Crippen molar-refractivity contribution in [3.63, 3.8) is 0 Å². The second-order valence-corrected chi connectivity index (χ2v) is 43.9. The molecule has 22 heteroatoms. The number of carbonyl (C=O) groups excluding carboxylic acids is 9.